The molecule has 29 heavy (non-hydrogen) atoms. The lowest BCUT2D eigenvalue weighted by molar-refractivity contribution is 0.0682. The van der Waals surface area contributed by atoms with Crippen molar-refractivity contribution in [3.8, 4) is 5.69 Å². The summed E-state index contributed by atoms with van der Waals surface area (Å²) in [5, 5.41) is 21.7. The van der Waals surface area contributed by atoms with E-state index in [-0.39, 0.29) is 29.0 Å². The number of carboxylic acids is 1. The van der Waals surface area contributed by atoms with Gasteiger partial charge in [0.1, 0.15) is 11.4 Å². The Morgan fingerprint density at radius 1 is 1.10 bits per heavy atom. The van der Waals surface area contributed by atoms with Crippen LogP contribution in [0.1, 0.15) is 45.4 Å². The quantitative estimate of drug-likeness (QED) is 0.721. The molecule has 1 fully saturated rings. The molecule has 4 rings (SSSR count). The van der Waals surface area contributed by atoms with E-state index in [1.165, 1.54) is 41.5 Å². The van der Waals surface area contributed by atoms with Gasteiger partial charge in [-0.15, -0.1) is 5.10 Å². The smallest absolute Gasteiger partial charge is 0.339 e. The third-order valence-corrected chi connectivity index (χ3v) is 5.14. The van der Waals surface area contributed by atoms with Crippen LogP contribution in [0, 0.1) is 12.7 Å². The summed E-state index contributed by atoms with van der Waals surface area (Å²) in [4.78, 5) is 26.9. The molecule has 0 atom stereocenters. The van der Waals surface area contributed by atoms with E-state index in [2.05, 4.69) is 15.3 Å². The van der Waals surface area contributed by atoms with Crippen LogP contribution in [0.2, 0.25) is 0 Å². The number of aromatic carboxylic acids is 1. The Bertz CT molecular complexity index is 1050. The lowest BCUT2D eigenvalue weighted by Gasteiger charge is -2.32. The van der Waals surface area contributed by atoms with Crippen molar-refractivity contribution in [2.75, 3.05) is 13.1 Å². The SMILES string of the molecule is Cc1c(C(=O)O)cnn1C1CCN(C(=O)c2cnn(-c3ccc(F)cc3)n2)CC1. The van der Waals surface area contributed by atoms with Crippen LogP contribution in [0.15, 0.2) is 36.7 Å². The molecule has 1 aliphatic heterocycles. The van der Waals surface area contributed by atoms with Gasteiger partial charge < -0.3 is 10.0 Å². The number of benzene rings is 1. The highest BCUT2D eigenvalue weighted by Crippen LogP contribution is 2.25. The van der Waals surface area contributed by atoms with Crippen molar-refractivity contribution in [1.29, 1.82) is 0 Å². The van der Waals surface area contributed by atoms with Gasteiger partial charge in [0.2, 0.25) is 0 Å². The van der Waals surface area contributed by atoms with E-state index in [9.17, 15) is 19.1 Å². The second kappa shape index (κ2) is 7.46. The van der Waals surface area contributed by atoms with Crippen LogP contribution >= 0.6 is 0 Å². The van der Waals surface area contributed by atoms with Gasteiger partial charge in [-0.1, -0.05) is 0 Å². The van der Waals surface area contributed by atoms with Gasteiger partial charge in [0.25, 0.3) is 5.91 Å². The maximum Gasteiger partial charge on any atom is 0.339 e. The Morgan fingerprint density at radius 3 is 2.41 bits per heavy atom. The number of rotatable bonds is 4. The Kier molecular flexibility index (Phi) is 4.83. The summed E-state index contributed by atoms with van der Waals surface area (Å²) < 4.78 is 14.8. The largest absolute Gasteiger partial charge is 0.478 e. The molecule has 9 nitrogen and oxygen atoms in total. The second-order valence-electron chi connectivity index (χ2n) is 6.91. The van der Waals surface area contributed by atoms with Gasteiger partial charge in [-0.2, -0.15) is 15.0 Å². The Hall–Kier alpha value is -3.56. The van der Waals surface area contributed by atoms with E-state index in [0.29, 0.717) is 37.3 Å². The zero-order valence-electron chi connectivity index (χ0n) is 15.7. The molecule has 2 aromatic heterocycles. The molecule has 0 radical (unpaired) electrons. The molecule has 0 unspecified atom stereocenters. The molecule has 3 heterocycles. The zero-order chi connectivity index (χ0) is 20.5. The first kappa shape index (κ1) is 18.8. The van der Waals surface area contributed by atoms with E-state index < -0.39 is 5.97 Å². The number of likely N-dealkylation sites (tertiary alicyclic amines) is 1. The molecule has 3 aromatic rings. The highest BCUT2D eigenvalue weighted by molar-refractivity contribution is 5.92. The van der Waals surface area contributed by atoms with E-state index in [1.807, 2.05) is 0 Å². The van der Waals surface area contributed by atoms with Gasteiger partial charge in [0, 0.05) is 13.1 Å². The summed E-state index contributed by atoms with van der Waals surface area (Å²) in [5.74, 6) is -1.58. The molecular weight excluding hydrogens is 379 g/mol. The molecule has 0 bridgehead atoms. The number of carbonyl (C=O) groups excluding carboxylic acids is 1. The van der Waals surface area contributed by atoms with Crippen LogP contribution in [-0.4, -0.2) is 59.7 Å². The maximum absolute atomic E-state index is 13.1. The fourth-order valence-electron chi connectivity index (χ4n) is 3.54. The van der Waals surface area contributed by atoms with Gasteiger partial charge in [-0.05, 0) is 44.0 Å². The average molecular weight is 398 g/mol. The van der Waals surface area contributed by atoms with E-state index >= 15 is 0 Å². The van der Waals surface area contributed by atoms with E-state index in [0.717, 1.165) is 0 Å². The van der Waals surface area contributed by atoms with Gasteiger partial charge in [-0.3, -0.25) is 9.48 Å². The lowest BCUT2D eigenvalue weighted by Crippen LogP contribution is -2.39. The number of nitrogens with zero attached hydrogens (tertiary/aromatic N) is 6. The number of carbonyl (C=O) groups is 2. The highest BCUT2D eigenvalue weighted by atomic mass is 19.1. The third kappa shape index (κ3) is 3.60. The van der Waals surface area contributed by atoms with Crippen LogP contribution in [0.5, 0.6) is 0 Å². The van der Waals surface area contributed by atoms with Gasteiger partial charge in [-0.25, -0.2) is 9.18 Å². The first-order chi connectivity index (χ1) is 13.9. The summed E-state index contributed by atoms with van der Waals surface area (Å²) in [5.41, 5.74) is 1.59. The predicted octanol–water partition coefficient (Wildman–Crippen LogP) is 2.09. The fourth-order valence-corrected chi connectivity index (χ4v) is 3.54. The van der Waals surface area contributed by atoms with Crippen molar-refractivity contribution in [2.45, 2.75) is 25.8 Å². The summed E-state index contributed by atoms with van der Waals surface area (Å²) in [6.07, 6.45) is 4.09. The Labute approximate surface area is 165 Å². The minimum Gasteiger partial charge on any atom is -0.478 e. The third-order valence-electron chi connectivity index (χ3n) is 5.14. The monoisotopic (exact) mass is 398 g/mol. The van der Waals surface area contributed by atoms with E-state index in [1.54, 1.807) is 16.5 Å². The summed E-state index contributed by atoms with van der Waals surface area (Å²) in [6.45, 7) is 2.75. The van der Waals surface area contributed by atoms with Crippen molar-refractivity contribution in [1.82, 2.24) is 29.7 Å². The van der Waals surface area contributed by atoms with Gasteiger partial charge >= 0.3 is 5.97 Å². The predicted molar refractivity (Wildman–Crippen MR) is 99.4 cm³/mol. The van der Waals surface area contributed by atoms with Crippen LogP contribution in [0.4, 0.5) is 4.39 Å². The van der Waals surface area contributed by atoms with Crippen LogP contribution in [0.25, 0.3) is 5.69 Å². The number of hydrogen-bond acceptors (Lipinski definition) is 5. The Balaban J connectivity index is 1.42. The highest BCUT2D eigenvalue weighted by Gasteiger charge is 2.28. The minimum atomic E-state index is -0.995. The summed E-state index contributed by atoms with van der Waals surface area (Å²) in [7, 11) is 0. The van der Waals surface area contributed by atoms with Crippen LogP contribution < -0.4 is 0 Å². The average Bonchev–Trinajstić information content (AvgIpc) is 3.35. The number of hydrogen-bond donors (Lipinski definition) is 1. The molecule has 10 heteroatoms. The maximum atomic E-state index is 13.1. The normalized spacial score (nSPS) is 14.9. The van der Waals surface area contributed by atoms with Gasteiger partial charge in [0.05, 0.1) is 29.8 Å². The molecule has 0 saturated carbocycles. The van der Waals surface area contributed by atoms with Crippen molar-refractivity contribution in [3.63, 3.8) is 0 Å². The molecule has 150 valence electrons. The molecule has 0 spiro atoms. The standard InChI is InChI=1S/C19H19FN6O3/c1-12-16(19(28)29)10-21-25(12)14-6-8-24(9-7-14)18(27)17-11-22-26(23-17)15-4-2-13(20)3-5-15/h2-5,10-11,14H,6-9H2,1H3,(H,28,29). The molecule has 1 N–H and O–H groups in total. The number of piperidine rings is 1. The molecule has 0 aliphatic carbocycles. The lowest BCUT2D eigenvalue weighted by atomic mass is 10.0. The summed E-state index contributed by atoms with van der Waals surface area (Å²) >= 11 is 0. The van der Waals surface area contributed by atoms with Crippen LogP contribution in [0.3, 0.4) is 0 Å². The van der Waals surface area contributed by atoms with Crippen molar-refractivity contribution >= 4 is 11.9 Å². The van der Waals surface area contributed by atoms with Crippen LogP contribution in [-0.2, 0) is 0 Å². The van der Waals surface area contributed by atoms with Crippen molar-refractivity contribution in [2.24, 2.45) is 0 Å². The molecular formula is C19H19FN6O3. The van der Waals surface area contributed by atoms with Gasteiger partial charge in [0.15, 0.2) is 5.69 Å². The number of aromatic nitrogens is 5. The number of halogens is 1. The first-order valence-electron chi connectivity index (χ1n) is 9.19. The Morgan fingerprint density at radius 2 is 1.79 bits per heavy atom. The van der Waals surface area contributed by atoms with E-state index in [4.69, 9.17) is 0 Å². The summed E-state index contributed by atoms with van der Waals surface area (Å²) in [6, 6.07) is 5.72. The topological polar surface area (TPSA) is 106 Å². The first-order valence-corrected chi connectivity index (χ1v) is 9.19. The second-order valence-corrected chi connectivity index (χ2v) is 6.91. The van der Waals surface area contributed by atoms with Crippen molar-refractivity contribution in [3.05, 3.63) is 59.4 Å². The molecule has 1 aromatic carbocycles. The fraction of sp³-hybridized carbons (Fsp3) is 0.316. The minimum absolute atomic E-state index is 0.0436. The molecule has 1 aliphatic rings. The number of amides is 1. The molecule has 1 amide bonds. The van der Waals surface area contributed by atoms with Crippen molar-refractivity contribution < 1.29 is 19.1 Å². The molecule has 1 saturated heterocycles. The zero-order valence-corrected chi connectivity index (χ0v) is 15.7. The number of carboxylic acid groups (broad SMARTS) is 1.